The highest BCUT2D eigenvalue weighted by molar-refractivity contribution is 5.59. The molecule has 20 heavy (non-hydrogen) atoms. The van der Waals surface area contributed by atoms with Crippen LogP contribution in [0.5, 0.6) is 0 Å². The summed E-state index contributed by atoms with van der Waals surface area (Å²) >= 11 is 0. The summed E-state index contributed by atoms with van der Waals surface area (Å²) in [4.78, 5) is 0. The van der Waals surface area contributed by atoms with E-state index in [9.17, 15) is 4.39 Å². The van der Waals surface area contributed by atoms with Crippen LogP contribution < -0.4 is 5.73 Å². The smallest absolute Gasteiger partial charge is 0.182 e. The number of tetrazole rings is 1. The van der Waals surface area contributed by atoms with Gasteiger partial charge in [-0.1, -0.05) is 13.8 Å². The molecule has 0 saturated carbocycles. The number of nitrogen functional groups attached to an aromatic ring is 1. The van der Waals surface area contributed by atoms with Gasteiger partial charge in [0.15, 0.2) is 5.82 Å². The van der Waals surface area contributed by atoms with E-state index in [2.05, 4.69) is 36.3 Å². The van der Waals surface area contributed by atoms with Crippen LogP contribution in [0.3, 0.4) is 0 Å². The van der Waals surface area contributed by atoms with Gasteiger partial charge in [-0.15, -0.1) is 5.10 Å². The average molecular weight is 277 g/mol. The number of nitrogens with zero attached hydrogens (tertiary/aromatic N) is 4. The zero-order chi connectivity index (χ0) is 14.7. The number of hydrogen-bond acceptors (Lipinski definition) is 4. The van der Waals surface area contributed by atoms with Crippen molar-refractivity contribution in [2.24, 2.45) is 5.92 Å². The summed E-state index contributed by atoms with van der Waals surface area (Å²) in [6, 6.07) is 4.80. The Morgan fingerprint density at radius 3 is 2.65 bits per heavy atom. The molecule has 0 aliphatic heterocycles. The predicted octanol–water partition coefficient (Wildman–Crippen LogP) is 3.06. The molecule has 2 rings (SSSR count). The third kappa shape index (κ3) is 3.12. The minimum absolute atomic E-state index is 0.126. The van der Waals surface area contributed by atoms with Crippen molar-refractivity contribution in [1.29, 1.82) is 0 Å². The fourth-order valence-electron chi connectivity index (χ4n) is 2.04. The van der Waals surface area contributed by atoms with Crippen LogP contribution in [0.4, 0.5) is 10.1 Å². The molecule has 1 aromatic heterocycles. The van der Waals surface area contributed by atoms with Crippen LogP contribution in [0.1, 0.15) is 39.7 Å². The number of halogens is 1. The Bertz CT molecular complexity index is 579. The molecule has 2 aromatic rings. The van der Waals surface area contributed by atoms with Gasteiger partial charge < -0.3 is 5.73 Å². The van der Waals surface area contributed by atoms with Gasteiger partial charge >= 0.3 is 0 Å². The summed E-state index contributed by atoms with van der Waals surface area (Å²) in [5, 5.41) is 11.7. The Balaban J connectivity index is 2.25. The van der Waals surface area contributed by atoms with Crippen LogP contribution in [0.2, 0.25) is 0 Å². The highest BCUT2D eigenvalue weighted by Gasteiger charge is 2.16. The fraction of sp³-hybridized carbons (Fsp3) is 0.500. The molecule has 6 heteroatoms. The van der Waals surface area contributed by atoms with E-state index in [0.717, 1.165) is 12.8 Å². The lowest BCUT2D eigenvalue weighted by atomic mass is 10.0. The van der Waals surface area contributed by atoms with Gasteiger partial charge in [0.05, 0.1) is 11.7 Å². The van der Waals surface area contributed by atoms with Crippen molar-refractivity contribution in [2.45, 2.75) is 39.7 Å². The molecular weight excluding hydrogens is 257 g/mol. The average Bonchev–Trinajstić information content (AvgIpc) is 2.88. The molecule has 108 valence electrons. The van der Waals surface area contributed by atoms with Crippen LogP contribution in [0.25, 0.3) is 11.4 Å². The van der Waals surface area contributed by atoms with Crippen molar-refractivity contribution in [3.05, 3.63) is 24.0 Å². The van der Waals surface area contributed by atoms with E-state index in [0.29, 0.717) is 17.3 Å². The van der Waals surface area contributed by atoms with Gasteiger partial charge in [-0.3, -0.25) is 0 Å². The lowest BCUT2D eigenvalue weighted by molar-refractivity contribution is 0.406. The van der Waals surface area contributed by atoms with Crippen LogP contribution in [0.15, 0.2) is 18.2 Å². The Labute approximate surface area is 118 Å². The van der Waals surface area contributed by atoms with E-state index in [1.54, 1.807) is 10.7 Å². The second kappa shape index (κ2) is 5.98. The molecule has 1 atom stereocenters. The van der Waals surface area contributed by atoms with Crippen molar-refractivity contribution in [3.63, 3.8) is 0 Å². The molecule has 0 aliphatic rings. The van der Waals surface area contributed by atoms with E-state index >= 15 is 0 Å². The molecule has 1 heterocycles. The molecule has 1 unspecified atom stereocenters. The molecule has 2 N–H and O–H groups in total. The zero-order valence-electron chi connectivity index (χ0n) is 12.0. The summed E-state index contributed by atoms with van der Waals surface area (Å²) in [5.74, 6) is 0.749. The van der Waals surface area contributed by atoms with E-state index in [1.165, 1.54) is 12.1 Å². The van der Waals surface area contributed by atoms with Gasteiger partial charge in [-0.2, -0.15) is 0 Å². The first-order valence-electron chi connectivity index (χ1n) is 6.82. The molecule has 0 fully saturated rings. The molecule has 0 radical (unpaired) electrons. The van der Waals surface area contributed by atoms with E-state index in [-0.39, 0.29) is 11.7 Å². The number of benzene rings is 1. The summed E-state index contributed by atoms with van der Waals surface area (Å²) in [6.07, 6.45) is 2.07. The van der Waals surface area contributed by atoms with Gasteiger partial charge in [0.25, 0.3) is 0 Å². The van der Waals surface area contributed by atoms with Crippen molar-refractivity contribution < 1.29 is 4.39 Å². The Kier molecular flexibility index (Phi) is 4.32. The standard InChI is InChI=1S/C14H20FN5/c1-9(2)4-5-10(3)20-14(17-18-19-20)11-6-7-13(16)12(15)8-11/h6-10H,4-5,16H2,1-3H3. The summed E-state index contributed by atoms with van der Waals surface area (Å²) < 4.78 is 15.3. The van der Waals surface area contributed by atoms with Gasteiger partial charge in [0.2, 0.25) is 0 Å². The lowest BCUT2D eigenvalue weighted by Gasteiger charge is -2.14. The summed E-state index contributed by atoms with van der Waals surface area (Å²) in [7, 11) is 0. The van der Waals surface area contributed by atoms with Gasteiger partial charge in [-0.25, -0.2) is 9.07 Å². The van der Waals surface area contributed by atoms with E-state index < -0.39 is 5.82 Å². The Morgan fingerprint density at radius 2 is 2.00 bits per heavy atom. The van der Waals surface area contributed by atoms with Gasteiger partial charge in [-0.05, 0) is 54.3 Å². The highest BCUT2D eigenvalue weighted by Crippen LogP contribution is 2.24. The first-order chi connectivity index (χ1) is 9.49. The highest BCUT2D eigenvalue weighted by atomic mass is 19.1. The van der Waals surface area contributed by atoms with Crippen LogP contribution in [-0.4, -0.2) is 20.2 Å². The monoisotopic (exact) mass is 277 g/mol. The van der Waals surface area contributed by atoms with Crippen molar-refractivity contribution in [1.82, 2.24) is 20.2 Å². The van der Waals surface area contributed by atoms with Crippen molar-refractivity contribution >= 4 is 5.69 Å². The molecule has 0 bridgehead atoms. The molecule has 0 spiro atoms. The quantitative estimate of drug-likeness (QED) is 0.853. The summed E-state index contributed by atoms with van der Waals surface area (Å²) in [6.45, 7) is 6.43. The SMILES string of the molecule is CC(C)CCC(C)n1nnnc1-c1ccc(N)c(F)c1. The Hall–Kier alpha value is -1.98. The molecule has 0 amide bonds. The minimum Gasteiger partial charge on any atom is -0.396 e. The first kappa shape index (κ1) is 14.4. The second-order valence-corrected chi connectivity index (χ2v) is 5.50. The van der Waals surface area contributed by atoms with Crippen LogP contribution in [0, 0.1) is 11.7 Å². The minimum atomic E-state index is -0.452. The summed E-state index contributed by atoms with van der Waals surface area (Å²) in [5.41, 5.74) is 6.25. The largest absolute Gasteiger partial charge is 0.396 e. The number of nitrogens with two attached hydrogens (primary N) is 1. The number of anilines is 1. The number of aromatic nitrogens is 4. The van der Waals surface area contributed by atoms with Gasteiger partial charge in [0.1, 0.15) is 5.82 Å². The zero-order valence-corrected chi connectivity index (χ0v) is 12.0. The maximum atomic E-state index is 13.6. The predicted molar refractivity (Wildman–Crippen MR) is 76.4 cm³/mol. The molecule has 5 nitrogen and oxygen atoms in total. The first-order valence-corrected chi connectivity index (χ1v) is 6.82. The van der Waals surface area contributed by atoms with Crippen LogP contribution in [-0.2, 0) is 0 Å². The van der Waals surface area contributed by atoms with Crippen molar-refractivity contribution in [2.75, 3.05) is 5.73 Å². The van der Waals surface area contributed by atoms with E-state index in [1.807, 2.05) is 0 Å². The molecular formula is C14H20FN5. The maximum absolute atomic E-state index is 13.6. The van der Waals surface area contributed by atoms with E-state index in [4.69, 9.17) is 5.73 Å². The van der Waals surface area contributed by atoms with Crippen molar-refractivity contribution in [3.8, 4) is 11.4 Å². The third-order valence-corrected chi connectivity index (χ3v) is 3.33. The number of rotatable bonds is 5. The molecule has 0 saturated heterocycles. The topological polar surface area (TPSA) is 69.6 Å². The van der Waals surface area contributed by atoms with Crippen LogP contribution >= 0.6 is 0 Å². The third-order valence-electron chi connectivity index (χ3n) is 3.33. The fourth-order valence-corrected chi connectivity index (χ4v) is 2.04. The lowest BCUT2D eigenvalue weighted by Crippen LogP contribution is -2.10. The molecule has 1 aromatic carbocycles. The number of hydrogen-bond donors (Lipinski definition) is 1. The van der Waals surface area contributed by atoms with Gasteiger partial charge in [0, 0.05) is 5.56 Å². The second-order valence-electron chi connectivity index (χ2n) is 5.50. The maximum Gasteiger partial charge on any atom is 0.182 e. The normalized spacial score (nSPS) is 12.8. The molecule has 0 aliphatic carbocycles. The Morgan fingerprint density at radius 1 is 1.25 bits per heavy atom.